The van der Waals surface area contributed by atoms with Crippen molar-refractivity contribution >= 4 is 50.5 Å². The number of ether oxygens (including phenoxy) is 1. The number of esters is 1. The zero-order chi connectivity index (χ0) is 15.7. The van der Waals surface area contributed by atoms with Gasteiger partial charge in [-0.05, 0) is 18.2 Å². The summed E-state index contributed by atoms with van der Waals surface area (Å²) >= 11 is 7.32. The molecule has 112 valence electrons. The number of thiazole rings is 1. The standard InChI is InChI=1S/C15H10ClFN2O2S/c1-21-15(20)8-6-11-14(18-7-22-11)12(17)13(8)19-10-5-3-2-4-9(10)16/h2-7,19H,1H3. The number of aromatic nitrogens is 1. The summed E-state index contributed by atoms with van der Waals surface area (Å²) < 4.78 is 20.0. The summed E-state index contributed by atoms with van der Waals surface area (Å²) in [5.74, 6) is -1.25. The van der Waals surface area contributed by atoms with Gasteiger partial charge in [0.05, 0.1) is 39.3 Å². The summed E-state index contributed by atoms with van der Waals surface area (Å²) in [6.07, 6.45) is 0. The van der Waals surface area contributed by atoms with Crippen LogP contribution in [0.5, 0.6) is 0 Å². The fraction of sp³-hybridized carbons (Fsp3) is 0.0667. The van der Waals surface area contributed by atoms with Crippen molar-refractivity contribution in [1.82, 2.24) is 4.98 Å². The van der Waals surface area contributed by atoms with E-state index in [4.69, 9.17) is 16.3 Å². The van der Waals surface area contributed by atoms with Gasteiger partial charge >= 0.3 is 5.97 Å². The summed E-state index contributed by atoms with van der Waals surface area (Å²) in [5, 5.41) is 3.28. The third-order valence-corrected chi connectivity index (χ3v) is 4.21. The lowest BCUT2D eigenvalue weighted by Crippen LogP contribution is -2.08. The maximum absolute atomic E-state index is 14.7. The first kappa shape index (κ1) is 14.7. The van der Waals surface area contributed by atoms with E-state index in [2.05, 4.69) is 10.3 Å². The summed E-state index contributed by atoms with van der Waals surface area (Å²) in [6.45, 7) is 0. The number of nitrogens with zero attached hydrogens (tertiary/aromatic N) is 1. The number of halogens is 2. The number of nitrogens with one attached hydrogen (secondary N) is 1. The van der Waals surface area contributed by atoms with Gasteiger partial charge in [-0.2, -0.15) is 0 Å². The van der Waals surface area contributed by atoms with Crippen molar-refractivity contribution in [3.8, 4) is 0 Å². The van der Waals surface area contributed by atoms with Crippen LogP contribution < -0.4 is 5.32 Å². The lowest BCUT2D eigenvalue weighted by Gasteiger charge is -2.13. The van der Waals surface area contributed by atoms with Crippen LogP contribution in [0.25, 0.3) is 10.2 Å². The van der Waals surface area contributed by atoms with Crippen molar-refractivity contribution in [3.05, 3.63) is 52.2 Å². The molecule has 0 aliphatic carbocycles. The van der Waals surface area contributed by atoms with Crippen LogP contribution in [0.15, 0.2) is 35.8 Å². The third-order valence-electron chi connectivity index (χ3n) is 3.11. The van der Waals surface area contributed by atoms with Gasteiger partial charge in [-0.1, -0.05) is 23.7 Å². The molecule has 0 saturated heterocycles. The predicted molar refractivity (Wildman–Crippen MR) is 85.7 cm³/mol. The second-order valence-electron chi connectivity index (χ2n) is 4.41. The SMILES string of the molecule is COC(=O)c1cc2scnc2c(F)c1Nc1ccccc1Cl. The molecule has 0 fully saturated rings. The van der Waals surface area contributed by atoms with Crippen molar-refractivity contribution < 1.29 is 13.9 Å². The lowest BCUT2D eigenvalue weighted by atomic mass is 10.1. The van der Waals surface area contributed by atoms with Gasteiger partial charge < -0.3 is 10.1 Å². The van der Waals surface area contributed by atoms with Crippen molar-refractivity contribution in [2.24, 2.45) is 0 Å². The van der Waals surface area contributed by atoms with Gasteiger partial charge in [-0.3, -0.25) is 0 Å². The molecule has 0 aliphatic rings. The van der Waals surface area contributed by atoms with Crippen molar-refractivity contribution in [2.45, 2.75) is 0 Å². The Balaban J connectivity index is 2.19. The summed E-state index contributed by atoms with van der Waals surface area (Å²) in [4.78, 5) is 15.9. The van der Waals surface area contributed by atoms with E-state index in [-0.39, 0.29) is 16.8 Å². The number of rotatable bonds is 3. The molecule has 0 radical (unpaired) electrons. The minimum atomic E-state index is -0.635. The van der Waals surface area contributed by atoms with Crippen LogP contribution in [-0.4, -0.2) is 18.1 Å². The first-order valence-electron chi connectivity index (χ1n) is 6.27. The summed E-state index contributed by atoms with van der Waals surface area (Å²) in [7, 11) is 1.25. The molecule has 0 aliphatic heterocycles. The fourth-order valence-corrected chi connectivity index (χ4v) is 2.95. The number of carbonyl (C=O) groups excluding carboxylic acids is 1. The minimum absolute atomic E-state index is 0.00153. The highest BCUT2D eigenvalue weighted by atomic mass is 35.5. The van der Waals surface area contributed by atoms with Gasteiger partial charge in [0.25, 0.3) is 0 Å². The number of para-hydroxylation sites is 1. The first-order valence-corrected chi connectivity index (χ1v) is 7.53. The molecule has 0 saturated carbocycles. The van der Waals surface area contributed by atoms with Gasteiger partial charge in [-0.15, -0.1) is 11.3 Å². The smallest absolute Gasteiger partial charge is 0.340 e. The molecule has 0 spiro atoms. The van der Waals surface area contributed by atoms with E-state index in [0.717, 1.165) is 0 Å². The molecule has 7 heteroatoms. The van der Waals surface area contributed by atoms with Gasteiger partial charge in [0.15, 0.2) is 5.82 Å². The molecule has 1 aromatic heterocycles. The second-order valence-corrected chi connectivity index (χ2v) is 5.70. The van der Waals surface area contributed by atoms with Crippen molar-refractivity contribution in [2.75, 3.05) is 12.4 Å². The van der Waals surface area contributed by atoms with Gasteiger partial charge in [0, 0.05) is 0 Å². The molecule has 1 heterocycles. The van der Waals surface area contributed by atoms with E-state index in [0.29, 0.717) is 15.4 Å². The van der Waals surface area contributed by atoms with Gasteiger partial charge in [-0.25, -0.2) is 14.2 Å². The maximum Gasteiger partial charge on any atom is 0.340 e. The number of hydrogen-bond donors (Lipinski definition) is 1. The molecular weight excluding hydrogens is 327 g/mol. The van der Waals surface area contributed by atoms with Gasteiger partial charge in [0.1, 0.15) is 5.52 Å². The van der Waals surface area contributed by atoms with E-state index in [9.17, 15) is 9.18 Å². The Morgan fingerprint density at radius 1 is 1.41 bits per heavy atom. The predicted octanol–water partition coefficient (Wildman–Crippen LogP) is 4.62. The summed E-state index contributed by atoms with van der Waals surface area (Å²) in [5.41, 5.74) is 2.30. The molecule has 3 rings (SSSR count). The van der Waals surface area contributed by atoms with Gasteiger partial charge in [0.2, 0.25) is 0 Å². The molecule has 0 unspecified atom stereocenters. The number of carbonyl (C=O) groups is 1. The van der Waals surface area contributed by atoms with Crippen LogP contribution >= 0.6 is 22.9 Å². The minimum Gasteiger partial charge on any atom is -0.465 e. The molecule has 4 nitrogen and oxygen atoms in total. The monoisotopic (exact) mass is 336 g/mol. The van der Waals surface area contributed by atoms with E-state index in [1.54, 1.807) is 30.3 Å². The zero-order valence-electron chi connectivity index (χ0n) is 11.4. The Morgan fingerprint density at radius 3 is 2.91 bits per heavy atom. The molecule has 22 heavy (non-hydrogen) atoms. The largest absolute Gasteiger partial charge is 0.465 e. The van der Waals surface area contributed by atoms with Crippen LogP contribution in [0.1, 0.15) is 10.4 Å². The Morgan fingerprint density at radius 2 is 2.18 bits per heavy atom. The highest BCUT2D eigenvalue weighted by molar-refractivity contribution is 7.16. The van der Waals surface area contributed by atoms with Crippen LogP contribution in [0.2, 0.25) is 5.02 Å². The molecule has 0 atom stereocenters. The molecule has 1 N–H and O–H groups in total. The topological polar surface area (TPSA) is 51.2 Å². The van der Waals surface area contributed by atoms with E-state index in [1.165, 1.54) is 24.0 Å². The normalized spacial score (nSPS) is 10.7. The zero-order valence-corrected chi connectivity index (χ0v) is 13.0. The Bertz CT molecular complexity index is 866. The number of anilines is 2. The van der Waals surface area contributed by atoms with Crippen LogP contribution in [-0.2, 0) is 4.74 Å². The number of fused-ring (bicyclic) bond motifs is 1. The highest BCUT2D eigenvalue weighted by Crippen LogP contribution is 2.34. The maximum atomic E-state index is 14.7. The molecule has 2 aromatic carbocycles. The van der Waals surface area contributed by atoms with E-state index in [1.807, 2.05) is 0 Å². The Hall–Kier alpha value is -2.18. The summed E-state index contributed by atoms with van der Waals surface area (Å²) in [6, 6.07) is 8.43. The number of benzene rings is 2. The average molecular weight is 337 g/mol. The molecular formula is C15H10ClFN2O2S. The lowest BCUT2D eigenvalue weighted by molar-refractivity contribution is 0.0601. The fourth-order valence-electron chi connectivity index (χ4n) is 2.05. The van der Waals surface area contributed by atoms with Crippen molar-refractivity contribution in [3.63, 3.8) is 0 Å². The third kappa shape index (κ3) is 2.51. The van der Waals surface area contributed by atoms with Crippen LogP contribution in [0.4, 0.5) is 15.8 Å². The first-order chi connectivity index (χ1) is 10.6. The highest BCUT2D eigenvalue weighted by Gasteiger charge is 2.21. The van der Waals surface area contributed by atoms with E-state index < -0.39 is 11.8 Å². The number of hydrogen-bond acceptors (Lipinski definition) is 5. The average Bonchev–Trinajstić information content (AvgIpc) is 2.99. The van der Waals surface area contributed by atoms with Crippen LogP contribution in [0.3, 0.4) is 0 Å². The molecule has 3 aromatic rings. The Kier molecular flexibility index (Phi) is 3.96. The number of methoxy groups -OCH3 is 1. The van der Waals surface area contributed by atoms with E-state index >= 15 is 0 Å². The second kappa shape index (κ2) is 5.90. The Labute approximate surface area is 134 Å². The van der Waals surface area contributed by atoms with Crippen LogP contribution in [0, 0.1) is 5.82 Å². The quantitative estimate of drug-likeness (QED) is 0.709. The van der Waals surface area contributed by atoms with Crippen molar-refractivity contribution in [1.29, 1.82) is 0 Å². The molecule has 0 amide bonds. The molecule has 0 bridgehead atoms.